The maximum Gasteiger partial charge on any atom is 0.251 e. The highest BCUT2D eigenvalue weighted by atomic mass is 35.5. The van der Waals surface area contributed by atoms with Gasteiger partial charge in [0.2, 0.25) is 0 Å². The topological polar surface area (TPSA) is 73.9 Å². The summed E-state index contributed by atoms with van der Waals surface area (Å²) in [5.74, 6) is -0.119. The molecule has 0 saturated carbocycles. The lowest BCUT2D eigenvalue weighted by Crippen LogP contribution is -2.37. The van der Waals surface area contributed by atoms with Gasteiger partial charge in [-0.3, -0.25) is 9.69 Å². The third-order valence-electron chi connectivity index (χ3n) is 4.88. The number of nitrogens with zero attached hydrogens (tertiary/aromatic N) is 3. The number of rotatable bonds is 5. The summed E-state index contributed by atoms with van der Waals surface area (Å²) in [6.07, 6.45) is 2.36. The molecule has 1 atom stereocenters. The highest BCUT2D eigenvalue weighted by molar-refractivity contribution is 6.31. The second-order valence-electron chi connectivity index (χ2n) is 6.52. The first kappa shape index (κ1) is 17.0. The van der Waals surface area contributed by atoms with Crippen molar-refractivity contribution >= 4 is 28.5 Å². The van der Waals surface area contributed by atoms with Gasteiger partial charge in [0, 0.05) is 17.1 Å². The van der Waals surface area contributed by atoms with Crippen LogP contribution in [0.3, 0.4) is 0 Å². The van der Waals surface area contributed by atoms with Crippen LogP contribution in [0.5, 0.6) is 0 Å². The van der Waals surface area contributed by atoms with E-state index in [1.54, 1.807) is 18.2 Å². The normalized spacial score (nSPS) is 16.0. The number of nitrogens with one attached hydrogen (secondary N) is 2. The van der Waals surface area contributed by atoms with E-state index in [1.165, 1.54) is 12.8 Å². The average Bonchev–Trinajstić information content (AvgIpc) is 3.34. The van der Waals surface area contributed by atoms with Gasteiger partial charge in [-0.2, -0.15) is 15.4 Å². The van der Waals surface area contributed by atoms with Gasteiger partial charge >= 0.3 is 0 Å². The molecule has 1 aromatic heterocycles. The number of fused-ring (bicyclic) bond motifs is 1. The summed E-state index contributed by atoms with van der Waals surface area (Å²) in [6, 6.07) is 13.2. The predicted octanol–water partition coefficient (Wildman–Crippen LogP) is 3.18. The van der Waals surface area contributed by atoms with Gasteiger partial charge in [0.05, 0.1) is 6.04 Å². The first-order valence-corrected chi connectivity index (χ1v) is 9.17. The molecule has 1 aliphatic heterocycles. The van der Waals surface area contributed by atoms with E-state index in [2.05, 4.69) is 25.6 Å². The molecule has 0 spiro atoms. The molecule has 1 aliphatic rings. The Morgan fingerprint density at radius 3 is 2.73 bits per heavy atom. The molecule has 0 radical (unpaired) electrons. The Kier molecular flexibility index (Phi) is 4.86. The van der Waals surface area contributed by atoms with Crippen molar-refractivity contribution in [3.05, 3.63) is 58.6 Å². The van der Waals surface area contributed by atoms with Crippen LogP contribution in [0.15, 0.2) is 42.5 Å². The van der Waals surface area contributed by atoms with Crippen LogP contribution in [0.4, 0.5) is 0 Å². The standard InChI is InChI=1S/C19H20ClN5O/c20-15-6-2-1-5-14(15)18(25-9-3-4-10-25)12-21-19(26)13-7-8-16-17(11-13)23-24-22-16/h1-2,5-8,11,18H,3-4,9-10,12H2,(H,21,26)(H,22,23,24). The molecule has 1 unspecified atom stereocenters. The van der Waals surface area contributed by atoms with Crippen molar-refractivity contribution in [1.82, 2.24) is 25.6 Å². The first-order valence-electron chi connectivity index (χ1n) is 8.79. The molecular weight excluding hydrogens is 350 g/mol. The van der Waals surface area contributed by atoms with Crippen LogP contribution < -0.4 is 5.32 Å². The van der Waals surface area contributed by atoms with E-state index < -0.39 is 0 Å². The van der Waals surface area contributed by atoms with E-state index in [1.807, 2.05) is 24.3 Å². The van der Waals surface area contributed by atoms with Crippen molar-refractivity contribution < 1.29 is 4.79 Å². The van der Waals surface area contributed by atoms with Gasteiger partial charge < -0.3 is 5.32 Å². The maximum absolute atomic E-state index is 12.6. The summed E-state index contributed by atoms with van der Waals surface area (Å²) < 4.78 is 0. The molecule has 1 fully saturated rings. The highest BCUT2D eigenvalue weighted by Gasteiger charge is 2.25. The van der Waals surface area contributed by atoms with Crippen molar-refractivity contribution in [3.8, 4) is 0 Å². The zero-order valence-electron chi connectivity index (χ0n) is 14.3. The summed E-state index contributed by atoms with van der Waals surface area (Å²) in [5, 5.41) is 14.4. The zero-order valence-corrected chi connectivity index (χ0v) is 15.0. The Balaban J connectivity index is 1.52. The molecule has 134 valence electrons. The Hall–Kier alpha value is -2.44. The van der Waals surface area contributed by atoms with Crippen molar-refractivity contribution in [3.63, 3.8) is 0 Å². The summed E-state index contributed by atoms with van der Waals surface area (Å²) in [7, 11) is 0. The Labute approximate surface area is 156 Å². The Bertz CT molecular complexity index is 919. The van der Waals surface area contributed by atoms with E-state index in [9.17, 15) is 4.79 Å². The molecule has 4 rings (SSSR count). The van der Waals surface area contributed by atoms with Gasteiger partial charge in [-0.05, 0) is 55.8 Å². The van der Waals surface area contributed by atoms with Crippen molar-refractivity contribution in [1.29, 1.82) is 0 Å². The van der Waals surface area contributed by atoms with Crippen LogP contribution in [0.25, 0.3) is 11.0 Å². The molecule has 2 N–H and O–H groups in total. The first-order chi connectivity index (χ1) is 12.7. The van der Waals surface area contributed by atoms with Crippen LogP contribution in [-0.2, 0) is 0 Å². The van der Waals surface area contributed by atoms with E-state index in [0.29, 0.717) is 17.6 Å². The summed E-state index contributed by atoms with van der Waals surface area (Å²) in [5.41, 5.74) is 3.06. The second kappa shape index (κ2) is 7.43. The fraction of sp³-hybridized carbons (Fsp3) is 0.316. The zero-order chi connectivity index (χ0) is 17.9. The lowest BCUT2D eigenvalue weighted by molar-refractivity contribution is 0.0938. The number of H-pyrrole nitrogens is 1. The third-order valence-corrected chi connectivity index (χ3v) is 5.22. The largest absolute Gasteiger partial charge is 0.350 e. The van der Waals surface area contributed by atoms with Gasteiger partial charge in [0.1, 0.15) is 11.0 Å². The van der Waals surface area contributed by atoms with Crippen LogP contribution in [0.2, 0.25) is 5.02 Å². The van der Waals surface area contributed by atoms with Crippen LogP contribution in [-0.4, -0.2) is 45.9 Å². The molecule has 3 aromatic rings. The lowest BCUT2D eigenvalue weighted by atomic mass is 10.0. The van der Waals surface area contributed by atoms with Crippen LogP contribution >= 0.6 is 11.6 Å². The van der Waals surface area contributed by atoms with Gasteiger partial charge in [-0.25, -0.2) is 0 Å². The Morgan fingerprint density at radius 2 is 1.92 bits per heavy atom. The average molecular weight is 370 g/mol. The van der Waals surface area contributed by atoms with Gasteiger partial charge in [0.25, 0.3) is 5.91 Å². The lowest BCUT2D eigenvalue weighted by Gasteiger charge is -2.29. The number of likely N-dealkylation sites (tertiary alicyclic amines) is 1. The number of hydrogen-bond acceptors (Lipinski definition) is 4. The van der Waals surface area contributed by atoms with Crippen molar-refractivity contribution in [2.75, 3.05) is 19.6 Å². The number of aromatic amines is 1. The molecule has 1 saturated heterocycles. The number of halogens is 1. The maximum atomic E-state index is 12.6. The molecule has 0 bridgehead atoms. The second-order valence-corrected chi connectivity index (χ2v) is 6.92. The number of carbonyl (C=O) groups is 1. The van der Waals surface area contributed by atoms with Crippen molar-refractivity contribution in [2.45, 2.75) is 18.9 Å². The fourth-order valence-electron chi connectivity index (χ4n) is 3.51. The monoisotopic (exact) mass is 369 g/mol. The van der Waals surface area contributed by atoms with E-state index >= 15 is 0 Å². The number of carbonyl (C=O) groups excluding carboxylic acids is 1. The quantitative estimate of drug-likeness (QED) is 0.724. The van der Waals surface area contributed by atoms with E-state index in [0.717, 1.165) is 29.2 Å². The SMILES string of the molecule is O=C(NCC(c1ccccc1Cl)N1CCCC1)c1ccc2n[nH]nc2c1. The van der Waals surface area contributed by atoms with Gasteiger partial charge in [0.15, 0.2) is 0 Å². The van der Waals surface area contributed by atoms with Crippen LogP contribution in [0, 0.1) is 0 Å². The molecule has 6 nitrogen and oxygen atoms in total. The molecular formula is C19H20ClN5O. The number of hydrogen-bond donors (Lipinski definition) is 2. The van der Waals surface area contributed by atoms with Gasteiger partial charge in [-0.15, -0.1) is 0 Å². The molecule has 2 aromatic carbocycles. The molecule has 1 amide bonds. The minimum absolute atomic E-state index is 0.0749. The number of aromatic nitrogens is 3. The van der Waals surface area contributed by atoms with E-state index in [4.69, 9.17) is 11.6 Å². The predicted molar refractivity (Wildman–Crippen MR) is 101 cm³/mol. The minimum Gasteiger partial charge on any atom is -0.350 e. The molecule has 26 heavy (non-hydrogen) atoms. The summed E-state index contributed by atoms with van der Waals surface area (Å²) in [4.78, 5) is 15.0. The van der Waals surface area contributed by atoms with Crippen molar-refractivity contribution in [2.24, 2.45) is 0 Å². The summed E-state index contributed by atoms with van der Waals surface area (Å²) >= 11 is 6.42. The number of benzene rings is 2. The van der Waals surface area contributed by atoms with E-state index in [-0.39, 0.29) is 11.9 Å². The minimum atomic E-state index is -0.119. The van der Waals surface area contributed by atoms with Gasteiger partial charge in [-0.1, -0.05) is 29.8 Å². The van der Waals surface area contributed by atoms with Crippen LogP contribution in [0.1, 0.15) is 34.8 Å². The molecule has 0 aliphatic carbocycles. The molecule has 2 heterocycles. The summed E-state index contributed by atoms with van der Waals surface area (Å²) in [6.45, 7) is 2.56. The highest BCUT2D eigenvalue weighted by Crippen LogP contribution is 2.29. The molecule has 7 heteroatoms. The fourth-order valence-corrected chi connectivity index (χ4v) is 3.77. The number of amides is 1. The Morgan fingerprint density at radius 1 is 1.15 bits per heavy atom. The smallest absolute Gasteiger partial charge is 0.251 e. The third kappa shape index (κ3) is 3.43.